The number of fused-ring (bicyclic) bond motifs is 1. The maximum atomic E-state index is 10.3. The smallest absolute Gasteiger partial charge is 0.363 e. The van der Waals surface area contributed by atoms with Gasteiger partial charge in [0.1, 0.15) is 0 Å². The first-order valence-electron chi connectivity index (χ1n) is 3.64. The third kappa shape index (κ3) is 0.990. The van der Waals surface area contributed by atoms with Crippen molar-refractivity contribution in [1.29, 1.82) is 0 Å². The SMILES string of the molecule is O=[N+]([O-])c1cc2c(cn1)NCC2. The largest absolute Gasteiger partial charge is 0.381 e. The summed E-state index contributed by atoms with van der Waals surface area (Å²) < 4.78 is 0. The van der Waals surface area contributed by atoms with Gasteiger partial charge < -0.3 is 15.4 Å². The number of nitrogens with one attached hydrogen (secondary N) is 1. The Hall–Kier alpha value is -1.65. The molecule has 0 radical (unpaired) electrons. The van der Waals surface area contributed by atoms with Crippen LogP contribution in [0.2, 0.25) is 0 Å². The van der Waals surface area contributed by atoms with Crippen molar-refractivity contribution in [2.24, 2.45) is 0 Å². The molecule has 1 aromatic heterocycles. The minimum atomic E-state index is -0.474. The van der Waals surface area contributed by atoms with Crippen molar-refractivity contribution >= 4 is 11.5 Å². The van der Waals surface area contributed by atoms with Gasteiger partial charge in [-0.25, -0.2) is 0 Å². The Morgan fingerprint density at radius 2 is 2.50 bits per heavy atom. The molecule has 0 saturated heterocycles. The Bertz CT molecular complexity index is 337. The molecular weight excluding hydrogens is 158 g/mol. The van der Waals surface area contributed by atoms with Crippen LogP contribution < -0.4 is 5.32 Å². The summed E-state index contributed by atoms with van der Waals surface area (Å²) in [5.41, 5.74) is 1.90. The number of pyridine rings is 1. The van der Waals surface area contributed by atoms with E-state index in [1.807, 2.05) is 0 Å². The molecular formula is C7H7N3O2. The molecule has 1 N–H and O–H groups in total. The lowest BCUT2D eigenvalue weighted by atomic mass is 10.2. The number of anilines is 1. The number of nitro groups is 1. The van der Waals surface area contributed by atoms with Crippen molar-refractivity contribution in [2.45, 2.75) is 6.42 Å². The second-order valence-corrected chi connectivity index (χ2v) is 2.63. The second kappa shape index (κ2) is 2.44. The van der Waals surface area contributed by atoms with Crippen molar-refractivity contribution in [2.75, 3.05) is 11.9 Å². The van der Waals surface area contributed by atoms with E-state index in [0.29, 0.717) is 0 Å². The summed E-state index contributed by atoms with van der Waals surface area (Å²) in [6.07, 6.45) is 2.36. The second-order valence-electron chi connectivity index (χ2n) is 2.63. The Balaban J connectivity index is 2.45. The molecule has 0 bridgehead atoms. The van der Waals surface area contributed by atoms with E-state index >= 15 is 0 Å². The molecule has 1 aromatic rings. The van der Waals surface area contributed by atoms with Crippen molar-refractivity contribution < 1.29 is 4.92 Å². The zero-order chi connectivity index (χ0) is 8.55. The molecule has 1 aliphatic heterocycles. The third-order valence-corrected chi connectivity index (χ3v) is 1.87. The van der Waals surface area contributed by atoms with Gasteiger partial charge in [0.2, 0.25) is 0 Å². The van der Waals surface area contributed by atoms with Crippen molar-refractivity contribution in [1.82, 2.24) is 4.98 Å². The molecule has 1 aliphatic rings. The van der Waals surface area contributed by atoms with E-state index < -0.39 is 4.92 Å². The van der Waals surface area contributed by atoms with Crippen LogP contribution in [0.3, 0.4) is 0 Å². The Morgan fingerprint density at radius 3 is 3.25 bits per heavy atom. The van der Waals surface area contributed by atoms with Gasteiger partial charge in [-0.3, -0.25) is 0 Å². The van der Waals surface area contributed by atoms with Gasteiger partial charge in [-0.2, -0.15) is 0 Å². The van der Waals surface area contributed by atoms with Gasteiger partial charge in [-0.1, -0.05) is 0 Å². The molecule has 0 amide bonds. The maximum Gasteiger partial charge on any atom is 0.363 e. The van der Waals surface area contributed by atoms with Crippen LogP contribution in [0.5, 0.6) is 0 Å². The van der Waals surface area contributed by atoms with Gasteiger partial charge in [-0.05, 0) is 21.9 Å². The first kappa shape index (κ1) is 7.02. The van der Waals surface area contributed by atoms with E-state index in [1.54, 1.807) is 0 Å². The fourth-order valence-electron chi connectivity index (χ4n) is 1.28. The number of hydrogen-bond acceptors (Lipinski definition) is 4. The van der Waals surface area contributed by atoms with Crippen LogP contribution in [0.4, 0.5) is 11.5 Å². The van der Waals surface area contributed by atoms with E-state index in [9.17, 15) is 10.1 Å². The van der Waals surface area contributed by atoms with Crippen LogP contribution in [-0.2, 0) is 6.42 Å². The summed E-state index contributed by atoms with van der Waals surface area (Å²) in [6.45, 7) is 0.845. The molecule has 5 heteroatoms. The Labute approximate surface area is 68.6 Å². The number of aromatic nitrogens is 1. The lowest BCUT2D eigenvalue weighted by Gasteiger charge is -1.95. The molecule has 0 aliphatic carbocycles. The zero-order valence-corrected chi connectivity index (χ0v) is 6.28. The molecule has 0 fully saturated rings. The van der Waals surface area contributed by atoms with Crippen LogP contribution in [-0.4, -0.2) is 16.5 Å². The van der Waals surface area contributed by atoms with Gasteiger partial charge in [0, 0.05) is 12.6 Å². The standard InChI is InChI=1S/C7H7N3O2/c11-10(12)7-3-5-1-2-8-6(5)4-9-7/h3-4,8H,1-2H2. The molecule has 2 heterocycles. The van der Waals surface area contributed by atoms with Crippen LogP contribution in [0.1, 0.15) is 5.56 Å². The van der Waals surface area contributed by atoms with Crippen LogP contribution in [0.15, 0.2) is 12.3 Å². The molecule has 0 aromatic carbocycles. The normalized spacial score (nSPS) is 13.7. The molecule has 0 saturated carbocycles. The van der Waals surface area contributed by atoms with E-state index in [0.717, 1.165) is 24.2 Å². The summed E-state index contributed by atoms with van der Waals surface area (Å²) >= 11 is 0. The van der Waals surface area contributed by atoms with Gasteiger partial charge in [0.05, 0.1) is 5.69 Å². The minimum absolute atomic E-state index is 0.0718. The van der Waals surface area contributed by atoms with E-state index in [4.69, 9.17) is 0 Å². The molecule has 0 spiro atoms. The number of hydrogen-bond donors (Lipinski definition) is 1. The Kier molecular flexibility index (Phi) is 1.43. The topological polar surface area (TPSA) is 68.1 Å². The van der Waals surface area contributed by atoms with Crippen molar-refractivity contribution in [3.05, 3.63) is 27.9 Å². The molecule has 0 atom stereocenters. The van der Waals surface area contributed by atoms with Crippen LogP contribution in [0, 0.1) is 10.1 Å². The molecule has 5 nitrogen and oxygen atoms in total. The lowest BCUT2D eigenvalue weighted by Crippen LogP contribution is -1.93. The summed E-state index contributed by atoms with van der Waals surface area (Å²) in [5.74, 6) is -0.0718. The highest BCUT2D eigenvalue weighted by atomic mass is 16.6. The number of rotatable bonds is 1. The highest BCUT2D eigenvalue weighted by Gasteiger charge is 2.16. The maximum absolute atomic E-state index is 10.3. The van der Waals surface area contributed by atoms with Crippen molar-refractivity contribution in [3.63, 3.8) is 0 Å². The average Bonchev–Trinajstić information content (AvgIpc) is 2.49. The molecule has 0 unspecified atom stereocenters. The van der Waals surface area contributed by atoms with Gasteiger partial charge in [-0.15, -0.1) is 0 Å². The monoisotopic (exact) mass is 165 g/mol. The first-order valence-corrected chi connectivity index (χ1v) is 3.64. The third-order valence-electron chi connectivity index (χ3n) is 1.87. The zero-order valence-electron chi connectivity index (χ0n) is 6.28. The van der Waals surface area contributed by atoms with Crippen molar-refractivity contribution in [3.8, 4) is 0 Å². The van der Waals surface area contributed by atoms with Crippen LogP contribution in [0.25, 0.3) is 0 Å². The van der Waals surface area contributed by atoms with Gasteiger partial charge in [0.15, 0.2) is 6.20 Å². The summed E-state index contributed by atoms with van der Waals surface area (Å²) in [5, 5.41) is 13.4. The molecule has 62 valence electrons. The predicted molar refractivity (Wildman–Crippen MR) is 43.1 cm³/mol. The highest BCUT2D eigenvalue weighted by molar-refractivity contribution is 5.55. The number of nitrogens with zero attached hydrogens (tertiary/aromatic N) is 2. The fourth-order valence-corrected chi connectivity index (χ4v) is 1.28. The lowest BCUT2D eigenvalue weighted by molar-refractivity contribution is -0.389. The first-order chi connectivity index (χ1) is 5.77. The summed E-state index contributed by atoms with van der Waals surface area (Å²) in [4.78, 5) is 13.5. The molecule has 12 heavy (non-hydrogen) atoms. The van der Waals surface area contributed by atoms with Crippen LogP contribution >= 0.6 is 0 Å². The summed E-state index contributed by atoms with van der Waals surface area (Å²) in [6, 6.07) is 1.52. The van der Waals surface area contributed by atoms with E-state index in [-0.39, 0.29) is 5.82 Å². The Morgan fingerprint density at radius 1 is 1.67 bits per heavy atom. The highest BCUT2D eigenvalue weighted by Crippen LogP contribution is 2.23. The fraction of sp³-hybridized carbons (Fsp3) is 0.286. The average molecular weight is 165 g/mol. The van der Waals surface area contributed by atoms with E-state index in [1.165, 1.54) is 12.3 Å². The minimum Gasteiger partial charge on any atom is -0.381 e. The quantitative estimate of drug-likeness (QED) is 0.497. The predicted octanol–water partition coefficient (Wildman–Crippen LogP) is 0.958. The van der Waals surface area contributed by atoms with Gasteiger partial charge in [0.25, 0.3) is 0 Å². The molecule has 2 rings (SSSR count). The summed E-state index contributed by atoms with van der Waals surface area (Å²) in [7, 11) is 0. The van der Waals surface area contributed by atoms with Gasteiger partial charge >= 0.3 is 5.82 Å². The van der Waals surface area contributed by atoms with E-state index in [2.05, 4.69) is 10.3 Å².